The van der Waals surface area contributed by atoms with E-state index < -0.39 is 35.3 Å². The molecule has 3 aromatic rings. The van der Waals surface area contributed by atoms with Crippen LogP contribution in [0.5, 0.6) is 17.2 Å². The molecular formula is C30H23BrF3N3O6S. The number of benzene rings is 3. The largest absolute Gasteiger partial charge is 0.495 e. The molecule has 1 aliphatic heterocycles. The Balaban J connectivity index is 1.51. The van der Waals surface area contributed by atoms with Gasteiger partial charge in [-0.2, -0.15) is 18.4 Å². The smallest absolute Gasteiger partial charge is 0.416 e. The van der Waals surface area contributed by atoms with E-state index in [0.29, 0.717) is 62.0 Å². The van der Waals surface area contributed by atoms with Crippen molar-refractivity contribution in [2.45, 2.75) is 19.7 Å². The summed E-state index contributed by atoms with van der Waals surface area (Å²) in [5.41, 5.74) is 0.355. The van der Waals surface area contributed by atoms with E-state index in [1.54, 1.807) is 43.3 Å². The van der Waals surface area contributed by atoms with E-state index in [9.17, 15) is 32.8 Å². The average Bonchev–Trinajstić information content (AvgIpc) is 3.23. The summed E-state index contributed by atoms with van der Waals surface area (Å²) in [6.07, 6.45) is -3.21. The number of nitriles is 1. The lowest BCUT2D eigenvalue weighted by atomic mass is 10.1. The Bertz CT molecular complexity index is 1690. The number of nitrogens with zero attached hydrogens (tertiary/aromatic N) is 2. The van der Waals surface area contributed by atoms with E-state index in [1.165, 1.54) is 13.2 Å². The van der Waals surface area contributed by atoms with Crippen LogP contribution in [0.2, 0.25) is 0 Å². The maximum absolute atomic E-state index is 13.2. The summed E-state index contributed by atoms with van der Waals surface area (Å²) in [7, 11) is 1.22. The van der Waals surface area contributed by atoms with Crippen molar-refractivity contribution in [3.8, 4) is 23.3 Å². The topological polar surface area (TPSA) is 118 Å². The standard InChI is InChI=1S/C30H23BrF3N3O6S/c1-3-42-24-11-17(10-21(31)27(24)43-16-19-7-5-4-6-18(19)14-35)12-25-28(39)37(29(40)44-25)15-26(38)36-22-13-20(30(32,33)34)8-9-23(22)41-2/h4-13H,3,15-16H2,1-2H3,(H,36,38)/b25-12-. The van der Waals surface area contributed by atoms with Crippen LogP contribution in [0, 0.1) is 11.3 Å². The summed E-state index contributed by atoms with van der Waals surface area (Å²) in [4.78, 5) is 39.1. The molecule has 0 aromatic heterocycles. The predicted octanol–water partition coefficient (Wildman–Crippen LogP) is 7.00. The SMILES string of the molecule is CCOc1cc(/C=C2\SC(=O)N(CC(=O)Nc3cc(C(F)(F)F)ccc3OC)C2=O)cc(Br)c1OCc1ccccc1C#N. The average molecular weight is 690 g/mol. The van der Waals surface area contributed by atoms with Gasteiger partial charge in [-0.3, -0.25) is 19.3 Å². The molecule has 9 nitrogen and oxygen atoms in total. The van der Waals surface area contributed by atoms with Crippen LogP contribution in [0.3, 0.4) is 0 Å². The van der Waals surface area contributed by atoms with Crippen molar-refractivity contribution in [2.75, 3.05) is 25.6 Å². The first-order valence-electron chi connectivity index (χ1n) is 12.8. The number of carbonyl (C=O) groups is 3. The number of rotatable bonds is 10. The fraction of sp³-hybridized carbons (Fsp3) is 0.200. The molecule has 0 saturated carbocycles. The second-order valence-electron chi connectivity index (χ2n) is 9.05. The third kappa shape index (κ3) is 7.53. The van der Waals surface area contributed by atoms with E-state index in [1.807, 2.05) is 0 Å². The van der Waals surface area contributed by atoms with Crippen LogP contribution < -0.4 is 19.5 Å². The Morgan fingerprint density at radius 2 is 1.86 bits per heavy atom. The first kappa shape index (κ1) is 32.4. The number of amides is 3. The number of ether oxygens (including phenoxy) is 3. The highest BCUT2D eigenvalue weighted by Gasteiger charge is 2.37. The molecule has 228 valence electrons. The van der Waals surface area contributed by atoms with Gasteiger partial charge in [-0.15, -0.1) is 0 Å². The molecule has 0 radical (unpaired) electrons. The third-order valence-electron chi connectivity index (χ3n) is 6.12. The quantitative estimate of drug-likeness (QED) is 0.226. The Morgan fingerprint density at radius 3 is 2.55 bits per heavy atom. The first-order chi connectivity index (χ1) is 20.9. The van der Waals surface area contributed by atoms with Gasteiger partial charge >= 0.3 is 6.18 Å². The number of imide groups is 1. The number of alkyl halides is 3. The molecule has 3 aromatic carbocycles. The Morgan fingerprint density at radius 1 is 1.11 bits per heavy atom. The van der Waals surface area contributed by atoms with Crippen molar-refractivity contribution in [3.63, 3.8) is 0 Å². The van der Waals surface area contributed by atoms with Crippen LogP contribution in [0.15, 0.2) is 64.0 Å². The van der Waals surface area contributed by atoms with Gasteiger partial charge in [-0.25, -0.2) is 0 Å². The number of hydrogen-bond donors (Lipinski definition) is 1. The molecule has 1 heterocycles. The van der Waals surface area contributed by atoms with Crippen LogP contribution in [-0.4, -0.2) is 42.2 Å². The zero-order valence-corrected chi connectivity index (χ0v) is 25.6. The molecule has 1 saturated heterocycles. The Labute approximate surface area is 262 Å². The summed E-state index contributed by atoms with van der Waals surface area (Å²) in [5.74, 6) is -0.971. The number of halogens is 4. The van der Waals surface area contributed by atoms with E-state index in [2.05, 4.69) is 27.3 Å². The van der Waals surface area contributed by atoms with Crippen LogP contribution in [-0.2, 0) is 22.4 Å². The zero-order chi connectivity index (χ0) is 32.0. The molecule has 1 N–H and O–H groups in total. The van der Waals surface area contributed by atoms with Crippen molar-refractivity contribution in [3.05, 3.63) is 86.2 Å². The highest BCUT2D eigenvalue weighted by molar-refractivity contribution is 9.10. The van der Waals surface area contributed by atoms with E-state index in [-0.39, 0.29) is 22.9 Å². The van der Waals surface area contributed by atoms with Crippen LogP contribution in [0.1, 0.15) is 29.2 Å². The lowest BCUT2D eigenvalue weighted by molar-refractivity contribution is -0.137. The second-order valence-corrected chi connectivity index (χ2v) is 10.9. The number of nitrogens with one attached hydrogen (secondary N) is 1. The Kier molecular flexibility index (Phi) is 10.2. The molecule has 0 unspecified atom stereocenters. The van der Waals surface area contributed by atoms with Crippen molar-refractivity contribution >= 4 is 56.5 Å². The van der Waals surface area contributed by atoms with Gasteiger partial charge in [0.15, 0.2) is 11.5 Å². The summed E-state index contributed by atoms with van der Waals surface area (Å²) in [6, 6.07) is 14.9. The van der Waals surface area contributed by atoms with Gasteiger partial charge in [0.1, 0.15) is 18.9 Å². The zero-order valence-electron chi connectivity index (χ0n) is 23.2. The molecule has 0 aliphatic carbocycles. The van der Waals surface area contributed by atoms with Crippen LogP contribution in [0.25, 0.3) is 6.08 Å². The molecule has 14 heteroatoms. The van der Waals surface area contributed by atoms with E-state index >= 15 is 0 Å². The molecule has 3 amide bonds. The summed E-state index contributed by atoms with van der Waals surface area (Å²) < 4.78 is 56.7. The van der Waals surface area contributed by atoms with Gasteiger partial charge in [-0.05, 0) is 82.7 Å². The van der Waals surface area contributed by atoms with Gasteiger partial charge in [0, 0.05) is 5.56 Å². The van der Waals surface area contributed by atoms with Crippen molar-refractivity contribution in [1.29, 1.82) is 5.26 Å². The van der Waals surface area contributed by atoms with Gasteiger partial charge in [0.25, 0.3) is 11.1 Å². The number of carbonyl (C=O) groups excluding carboxylic acids is 3. The minimum Gasteiger partial charge on any atom is -0.495 e. The van der Waals surface area contributed by atoms with Gasteiger partial charge in [0.2, 0.25) is 5.91 Å². The molecule has 0 spiro atoms. The number of hydrogen-bond acceptors (Lipinski definition) is 8. The Hall–Kier alpha value is -4.48. The van der Waals surface area contributed by atoms with Crippen molar-refractivity contribution < 1.29 is 41.8 Å². The second kappa shape index (κ2) is 13.9. The summed E-state index contributed by atoms with van der Waals surface area (Å²) in [5, 5.41) is 10.9. The molecule has 1 aliphatic rings. The minimum absolute atomic E-state index is 0.0189. The molecule has 4 rings (SSSR count). The predicted molar refractivity (Wildman–Crippen MR) is 160 cm³/mol. The van der Waals surface area contributed by atoms with Crippen LogP contribution >= 0.6 is 27.7 Å². The van der Waals surface area contributed by atoms with Crippen molar-refractivity contribution in [2.24, 2.45) is 0 Å². The molecule has 0 atom stereocenters. The van der Waals surface area contributed by atoms with Crippen molar-refractivity contribution in [1.82, 2.24) is 4.90 Å². The molecule has 44 heavy (non-hydrogen) atoms. The fourth-order valence-electron chi connectivity index (χ4n) is 4.08. The maximum Gasteiger partial charge on any atom is 0.416 e. The van der Waals surface area contributed by atoms with E-state index in [0.717, 1.165) is 12.1 Å². The fourth-order valence-corrected chi connectivity index (χ4v) is 5.49. The normalized spacial score (nSPS) is 14.0. The summed E-state index contributed by atoms with van der Waals surface area (Å²) >= 11 is 4.06. The van der Waals surface area contributed by atoms with Crippen LogP contribution in [0.4, 0.5) is 23.7 Å². The highest BCUT2D eigenvalue weighted by Crippen LogP contribution is 2.40. The van der Waals surface area contributed by atoms with E-state index in [4.69, 9.17) is 14.2 Å². The highest BCUT2D eigenvalue weighted by atomic mass is 79.9. The number of anilines is 1. The van der Waals surface area contributed by atoms with Gasteiger partial charge in [0.05, 0.1) is 46.0 Å². The van der Waals surface area contributed by atoms with Gasteiger partial charge < -0.3 is 19.5 Å². The lowest BCUT2D eigenvalue weighted by Gasteiger charge is -2.16. The summed E-state index contributed by atoms with van der Waals surface area (Å²) in [6.45, 7) is 1.44. The van der Waals surface area contributed by atoms with Gasteiger partial charge in [-0.1, -0.05) is 18.2 Å². The molecule has 0 bridgehead atoms. The third-order valence-corrected chi connectivity index (χ3v) is 7.61. The molecule has 1 fully saturated rings. The lowest BCUT2D eigenvalue weighted by Crippen LogP contribution is -2.36. The number of thioether (sulfide) groups is 1. The molecular weight excluding hydrogens is 667 g/mol. The monoisotopic (exact) mass is 689 g/mol. The first-order valence-corrected chi connectivity index (χ1v) is 14.4. The maximum atomic E-state index is 13.2. The number of methoxy groups -OCH3 is 1. The minimum atomic E-state index is -4.66.